The lowest BCUT2D eigenvalue weighted by Gasteiger charge is -2.35. The van der Waals surface area contributed by atoms with Crippen LogP contribution in [0.4, 0.5) is 0 Å². The monoisotopic (exact) mass is 268 g/mol. The Kier molecular flexibility index (Phi) is 4.80. The van der Waals surface area contributed by atoms with Gasteiger partial charge >= 0.3 is 5.97 Å². The van der Waals surface area contributed by atoms with Crippen molar-refractivity contribution in [3.63, 3.8) is 0 Å². The Morgan fingerprint density at radius 1 is 1.21 bits per heavy atom. The van der Waals surface area contributed by atoms with Crippen LogP contribution in [0.3, 0.4) is 0 Å². The summed E-state index contributed by atoms with van der Waals surface area (Å²) in [6, 6.07) is 0. The van der Waals surface area contributed by atoms with Gasteiger partial charge in [0.2, 0.25) is 5.91 Å². The zero-order chi connectivity index (χ0) is 13.7. The van der Waals surface area contributed by atoms with E-state index >= 15 is 0 Å². The zero-order valence-electron chi connectivity index (χ0n) is 11.7. The van der Waals surface area contributed by atoms with Gasteiger partial charge in [-0.05, 0) is 38.1 Å². The molecule has 2 N–H and O–H groups in total. The largest absolute Gasteiger partial charge is 0.467 e. The maximum absolute atomic E-state index is 12.0. The summed E-state index contributed by atoms with van der Waals surface area (Å²) in [5, 5.41) is 6.05. The first-order valence-electron chi connectivity index (χ1n) is 7.26. The Hall–Kier alpha value is -1.10. The Labute approximate surface area is 114 Å². The highest BCUT2D eigenvalue weighted by Crippen LogP contribution is 2.29. The molecule has 0 heterocycles. The smallest absolute Gasteiger partial charge is 0.331 e. The molecule has 5 nitrogen and oxygen atoms in total. The molecule has 5 heteroatoms. The van der Waals surface area contributed by atoms with Gasteiger partial charge in [-0.1, -0.05) is 19.3 Å². The quantitative estimate of drug-likeness (QED) is 0.705. The lowest BCUT2D eigenvalue weighted by molar-refractivity contribution is -0.152. The molecule has 2 rings (SSSR count). The highest BCUT2D eigenvalue weighted by molar-refractivity contribution is 5.88. The van der Waals surface area contributed by atoms with Crippen LogP contribution < -0.4 is 10.6 Å². The van der Waals surface area contributed by atoms with E-state index < -0.39 is 5.54 Å². The van der Waals surface area contributed by atoms with E-state index in [1.54, 1.807) is 0 Å². The molecule has 0 spiro atoms. The summed E-state index contributed by atoms with van der Waals surface area (Å²) >= 11 is 0. The van der Waals surface area contributed by atoms with E-state index in [-0.39, 0.29) is 18.4 Å². The summed E-state index contributed by atoms with van der Waals surface area (Å²) in [6.45, 7) is 1.19. The number of amides is 1. The minimum absolute atomic E-state index is 0.104. The van der Waals surface area contributed by atoms with Crippen LogP contribution in [0.25, 0.3) is 0 Å². The fraction of sp³-hybridized carbons (Fsp3) is 0.857. The van der Waals surface area contributed by atoms with Gasteiger partial charge in [-0.2, -0.15) is 0 Å². The van der Waals surface area contributed by atoms with Crippen LogP contribution in [-0.2, 0) is 14.3 Å². The fourth-order valence-corrected chi connectivity index (χ4v) is 2.75. The third-order valence-electron chi connectivity index (χ3n) is 4.08. The highest BCUT2D eigenvalue weighted by atomic mass is 16.5. The second-order valence-electron chi connectivity index (χ2n) is 5.76. The Bertz CT molecular complexity index is 334. The number of rotatable bonds is 6. The van der Waals surface area contributed by atoms with Crippen molar-refractivity contribution >= 4 is 11.9 Å². The average molecular weight is 268 g/mol. The van der Waals surface area contributed by atoms with Crippen molar-refractivity contribution in [1.82, 2.24) is 10.6 Å². The van der Waals surface area contributed by atoms with Crippen LogP contribution in [0.1, 0.15) is 44.9 Å². The van der Waals surface area contributed by atoms with Crippen LogP contribution in [0.5, 0.6) is 0 Å². The van der Waals surface area contributed by atoms with Crippen LogP contribution >= 0.6 is 0 Å². The molecule has 0 aromatic rings. The third kappa shape index (κ3) is 3.93. The van der Waals surface area contributed by atoms with E-state index in [2.05, 4.69) is 10.6 Å². The number of hydrogen-bond donors (Lipinski definition) is 2. The summed E-state index contributed by atoms with van der Waals surface area (Å²) in [6.07, 6.45) is 6.95. The summed E-state index contributed by atoms with van der Waals surface area (Å²) in [7, 11) is 1.39. The van der Waals surface area contributed by atoms with Crippen molar-refractivity contribution in [1.29, 1.82) is 0 Å². The second-order valence-corrected chi connectivity index (χ2v) is 5.76. The molecule has 0 aromatic heterocycles. The number of carbonyl (C=O) groups excluding carboxylic acids is 2. The van der Waals surface area contributed by atoms with Gasteiger partial charge in [0.15, 0.2) is 0 Å². The molecule has 2 aliphatic carbocycles. The van der Waals surface area contributed by atoms with E-state index in [0.29, 0.717) is 12.8 Å². The lowest BCUT2D eigenvalue weighted by atomic mass is 9.81. The van der Waals surface area contributed by atoms with E-state index in [1.165, 1.54) is 20.0 Å². The third-order valence-corrected chi connectivity index (χ3v) is 4.08. The first-order chi connectivity index (χ1) is 9.16. The Balaban J connectivity index is 1.83. The van der Waals surface area contributed by atoms with E-state index in [9.17, 15) is 9.59 Å². The summed E-state index contributed by atoms with van der Waals surface area (Å²) in [5.41, 5.74) is -0.786. The van der Waals surface area contributed by atoms with Gasteiger partial charge < -0.3 is 15.4 Å². The van der Waals surface area contributed by atoms with Crippen molar-refractivity contribution in [3.8, 4) is 0 Å². The molecule has 108 valence electrons. The minimum Gasteiger partial charge on any atom is -0.467 e. The van der Waals surface area contributed by atoms with Crippen molar-refractivity contribution in [3.05, 3.63) is 0 Å². The molecular formula is C14H24N2O3. The molecule has 0 bridgehead atoms. The predicted molar refractivity (Wildman–Crippen MR) is 71.6 cm³/mol. The van der Waals surface area contributed by atoms with Gasteiger partial charge in [0.05, 0.1) is 13.7 Å². The van der Waals surface area contributed by atoms with Crippen molar-refractivity contribution in [2.45, 2.75) is 50.5 Å². The summed E-state index contributed by atoms with van der Waals surface area (Å²) in [5.74, 6) is 0.341. The van der Waals surface area contributed by atoms with Crippen LogP contribution in [0.15, 0.2) is 0 Å². The molecule has 0 saturated heterocycles. The van der Waals surface area contributed by atoms with Gasteiger partial charge in [-0.3, -0.25) is 4.79 Å². The topological polar surface area (TPSA) is 67.4 Å². The highest BCUT2D eigenvalue weighted by Gasteiger charge is 2.41. The van der Waals surface area contributed by atoms with Crippen LogP contribution in [-0.4, -0.2) is 37.6 Å². The molecule has 2 fully saturated rings. The molecule has 0 aliphatic heterocycles. The SMILES string of the molecule is COC(=O)C1(NC(=O)CNCC2CC2)CCCCC1. The van der Waals surface area contributed by atoms with Crippen molar-refractivity contribution in [2.75, 3.05) is 20.2 Å². The number of esters is 1. The van der Waals surface area contributed by atoms with E-state index in [4.69, 9.17) is 4.74 Å². The number of carbonyl (C=O) groups is 2. The van der Waals surface area contributed by atoms with Gasteiger partial charge in [-0.15, -0.1) is 0 Å². The first-order valence-corrected chi connectivity index (χ1v) is 7.26. The Morgan fingerprint density at radius 3 is 2.47 bits per heavy atom. The van der Waals surface area contributed by atoms with Crippen molar-refractivity contribution in [2.24, 2.45) is 5.92 Å². The maximum Gasteiger partial charge on any atom is 0.331 e. The van der Waals surface area contributed by atoms with Gasteiger partial charge in [0.1, 0.15) is 5.54 Å². The Morgan fingerprint density at radius 2 is 1.89 bits per heavy atom. The maximum atomic E-state index is 12.0. The predicted octanol–water partition coefficient (Wildman–Crippen LogP) is 0.978. The molecule has 1 amide bonds. The minimum atomic E-state index is -0.786. The normalized spacial score (nSPS) is 21.7. The lowest BCUT2D eigenvalue weighted by Crippen LogP contribution is -2.57. The summed E-state index contributed by atoms with van der Waals surface area (Å²) in [4.78, 5) is 23.9. The van der Waals surface area contributed by atoms with Crippen molar-refractivity contribution < 1.29 is 14.3 Å². The fourth-order valence-electron chi connectivity index (χ4n) is 2.75. The first kappa shape index (κ1) is 14.3. The molecule has 19 heavy (non-hydrogen) atoms. The second kappa shape index (κ2) is 6.37. The van der Waals surface area contributed by atoms with Crippen LogP contribution in [0.2, 0.25) is 0 Å². The van der Waals surface area contributed by atoms with Gasteiger partial charge in [0.25, 0.3) is 0 Å². The number of ether oxygens (including phenoxy) is 1. The zero-order valence-corrected chi connectivity index (χ0v) is 11.7. The molecule has 0 unspecified atom stereocenters. The number of methoxy groups -OCH3 is 1. The molecule has 0 atom stereocenters. The molecule has 0 aromatic carbocycles. The van der Waals surface area contributed by atoms with E-state index in [0.717, 1.165) is 31.7 Å². The molecule has 0 radical (unpaired) electrons. The molecular weight excluding hydrogens is 244 g/mol. The van der Waals surface area contributed by atoms with E-state index in [1.807, 2.05) is 0 Å². The molecule has 2 saturated carbocycles. The number of nitrogens with one attached hydrogen (secondary N) is 2. The van der Waals surface area contributed by atoms with Crippen LogP contribution in [0, 0.1) is 5.92 Å². The van der Waals surface area contributed by atoms with Gasteiger partial charge in [0, 0.05) is 0 Å². The number of hydrogen-bond acceptors (Lipinski definition) is 4. The summed E-state index contributed by atoms with van der Waals surface area (Å²) < 4.78 is 4.87. The standard InChI is InChI=1S/C14H24N2O3/c1-19-13(18)14(7-3-2-4-8-14)16-12(17)10-15-9-11-5-6-11/h11,15H,2-10H2,1H3,(H,16,17). The van der Waals surface area contributed by atoms with Gasteiger partial charge in [-0.25, -0.2) is 4.79 Å². The average Bonchev–Trinajstić information content (AvgIpc) is 3.23. The molecule has 2 aliphatic rings.